The van der Waals surface area contributed by atoms with Crippen molar-refractivity contribution in [3.63, 3.8) is 0 Å². The van der Waals surface area contributed by atoms with E-state index in [9.17, 15) is 5.11 Å². The van der Waals surface area contributed by atoms with Crippen LogP contribution >= 0.6 is 24.0 Å². The van der Waals surface area contributed by atoms with E-state index in [-0.39, 0.29) is 24.0 Å². The largest absolute Gasteiger partial charge is 0.384 e. The summed E-state index contributed by atoms with van der Waals surface area (Å²) in [6.45, 7) is 6.29. The molecule has 0 bridgehead atoms. The van der Waals surface area contributed by atoms with E-state index in [2.05, 4.69) is 44.9 Å². The summed E-state index contributed by atoms with van der Waals surface area (Å²) in [5, 5.41) is 17.3. The van der Waals surface area contributed by atoms with Crippen LogP contribution in [0.25, 0.3) is 0 Å². The number of hydrogen-bond acceptors (Lipinski definition) is 3. The quantitative estimate of drug-likeness (QED) is 0.242. The minimum Gasteiger partial charge on any atom is -0.384 e. The molecule has 0 amide bonds. The summed E-state index contributed by atoms with van der Waals surface area (Å²) in [7, 11) is 0. The molecule has 3 aromatic rings. The molecular weight excluding hydrogens is 489 g/mol. The molecule has 30 heavy (non-hydrogen) atoms. The van der Waals surface area contributed by atoms with Crippen LogP contribution in [0.2, 0.25) is 0 Å². The lowest BCUT2D eigenvalue weighted by Crippen LogP contribution is -2.44. The van der Waals surface area contributed by atoms with Gasteiger partial charge in [0.1, 0.15) is 5.60 Å². The van der Waals surface area contributed by atoms with E-state index in [1.807, 2.05) is 54.3 Å². The Morgan fingerprint density at radius 2 is 1.87 bits per heavy atom. The topological polar surface area (TPSA) is 74.5 Å². The zero-order chi connectivity index (χ0) is 20.5. The molecule has 0 saturated carbocycles. The van der Waals surface area contributed by atoms with E-state index < -0.39 is 5.60 Å². The van der Waals surface area contributed by atoms with Crippen molar-refractivity contribution in [1.82, 2.24) is 20.2 Å². The van der Waals surface area contributed by atoms with Crippen LogP contribution in [0.15, 0.2) is 78.3 Å². The van der Waals surface area contributed by atoms with E-state index in [1.165, 1.54) is 5.56 Å². The minimum atomic E-state index is -0.984. The highest BCUT2D eigenvalue weighted by atomic mass is 127. The molecule has 7 heteroatoms. The van der Waals surface area contributed by atoms with Gasteiger partial charge in [-0.05, 0) is 30.5 Å². The molecule has 0 fully saturated rings. The van der Waals surface area contributed by atoms with E-state index in [1.54, 1.807) is 13.1 Å². The Hall–Kier alpha value is -2.39. The van der Waals surface area contributed by atoms with Crippen LogP contribution < -0.4 is 10.6 Å². The predicted molar refractivity (Wildman–Crippen MR) is 132 cm³/mol. The lowest BCUT2D eigenvalue weighted by molar-refractivity contribution is 0.0617. The van der Waals surface area contributed by atoms with Gasteiger partial charge >= 0.3 is 0 Å². The summed E-state index contributed by atoms with van der Waals surface area (Å²) in [6.07, 6.45) is 5.56. The molecule has 6 nitrogen and oxygen atoms in total. The predicted octanol–water partition coefficient (Wildman–Crippen LogP) is 3.51. The van der Waals surface area contributed by atoms with Gasteiger partial charge < -0.3 is 20.3 Å². The van der Waals surface area contributed by atoms with Crippen LogP contribution in [-0.4, -0.2) is 33.7 Å². The fourth-order valence-electron chi connectivity index (χ4n) is 3.08. The Balaban J connectivity index is 0.00000320. The molecule has 2 aromatic carbocycles. The Kier molecular flexibility index (Phi) is 9.32. The molecular formula is C23H30IN5O. The number of guanidine groups is 1. The molecule has 160 valence electrons. The number of nitrogens with zero attached hydrogens (tertiary/aromatic N) is 3. The molecule has 0 saturated heterocycles. The third-order valence-electron chi connectivity index (χ3n) is 4.68. The fraction of sp³-hybridized carbons (Fsp3) is 0.304. The maximum absolute atomic E-state index is 10.8. The molecule has 0 aliphatic heterocycles. The summed E-state index contributed by atoms with van der Waals surface area (Å²) in [5.74, 6) is 0.684. The zero-order valence-corrected chi connectivity index (χ0v) is 19.8. The first-order chi connectivity index (χ1) is 14.1. The van der Waals surface area contributed by atoms with Crippen LogP contribution in [0.1, 0.15) is 30.5 Å². The summed E-state index contributed by atoms with van der Waals surface area (Å²) >= 11 is 0. The number of halogens is 1. The molecule has 1 aromatic heterocycles. The molecule has 1 unspecified atom stereocenters. The van der Waals surface area contributed by atoms with Crippen LogP contribution in [-0.2, 0) is 18.7 Å². The lowest BCUT2D eigenvalue weighted by atomic mass is 9.96. The van der Waals surface area contributed by atoms with Gasteiger partial charge in [0.15, 0.2) is 5.96 Å². The number of rotatable bonds is 8. The van der Waals surface area contributed by atoms with Crippen molar-refractivity contribution in [1.29, 1.82) is 0 Å². The smallest absolute Gasteiger partial charge is 0.191 e. The second-order valence-corrected chi connectivity index (χ2v) is 7.24. The highest BCUT2D eigenvalue weighted by molar-refractivity contribution is 14.0. The number of aromatic nitrogens is 2. The fourth-order valence-corrected chi connectivity index (χ4v) is 3.08. The van der Waals surface area contributed by atoms with E-state index in [0.29, 0.717) is 19.0 Å². The molecule has 3 rings (SSSR count). The summed E-state index contributed by atoms with van der Waals surface area (Å²) in [6, 6.07) is 18.1. The van der Waals surface area contributed by atoms with Crippen molar-refractivity contribution in [2.75, 3.05) is 13.1 Å². The average molecular weight is 519 g/mol. The van der Waals surface area contributed by atoms with Gasteiger partial charge in [-0.25, -0.2) is 9.98 Å². The van der Waals surface area contributed by atoms with Crippen molar-refractivity contribution in [2.45, 2.75) is 32.5 Å². The SMILES string of the molecule is CCNC(=NCc1cccc(Cn2ccnc2)c1)NCC(C)(O)c1ccccc1.I. The van der Waals surface area contributed by atoms with Crippen molar-refractivity contribution in [3.8, 4) is 0 Å². The van der Waals surface area contributed by atoms with Crippen molar-refractivity contribution in [2.24, 2.45) is 4.99 Å². The van der Waals surface area contributed by atoms with Crippen molar-refractivity contribution >= 4 is 29.9 Å². The summed E-state index contributed by atoms with van der Waals surface area (Å²) in [5.41, 5.74) is 2.23. The number of aliphatic imine (C=N–C) groups is 1. The highest BCUT2D eigenvalue weighted by Gasteiger charge is 2.22. The monoisotopic (exact) mass is 519 g/mol. The van der Waals surface area contributed by atoms with E-state index in [4.69, 9.17) is 0 Å². The molecule has 0 aliphatic rings. The van der Waals surface area contributed by atoms with Gasteiger partial charge in [0.25, 0.3) is 0 Å². The highest BCUT2D eigenvalue weighted by Crippen LogP contribution is 2.18. The van der Waals surface area contributed by atoms with Crippen LogP contribution in [0.4, 0.5) is 0 Å². The number of aliphatic hydroxyl groups is 1. The first-order valence-corrected chi connectivity index (χ1v) is 9.90. The van der Waals surface area contributed by atoms with Crippen LogP contribution in [0.3, 0.4) is 0 Å². The summed E-state index contributed by atoms with van der Waals surface area (Å²) in [4.78, 5) is 8.77. The summed E-state index contributed by atoms with van der Waals surface area (Å²) < 4.78 is 2.04. The van der Waals surface area contributed by atoms with Gasteiger partial charge in [-0.1, -0.05) is 54.6 Å². The first-order valence-electron chi connectivity index (χ1n) is 9.90. The zero-order valence-electron chi connectivity index (χ0n) is 17.5. The number of nitrogens with one attached hydrogen (secondary N) is 2. The van der Waals surface area contributed by atoms with Gasteiger partial charge in [0.2, 0.25) is 0 Å². The number of imidazole rings is 1. The molecule has 1 atom stereocenters. The minimum absolute atomic E-state index is 0. The Labute approximate surface area is 195 Å². The third-order valence-corrected chi connectivity index (χ3v) is 4.68. The second kappa shape index (κ2) is 11.7. The van der Waals surface area contributed by atoms with E-state index in [0.717, 1.165) is 24.2 Å². The van der Waals surface area contributed by atoms with Gasteiger partial charge in [-0.2, -0.15) is 0 Å². The second-order valence-electron chi connectivity index (χ2n) is 7.24. The van der Waals surface area contributed by atoms with Gasteiger partial charge in [-0.15, -0.1) is 24.0 Å². The number of hydrogen-bond donors (Lipinski definition) is 3. The van der Waals surface area contributed by atoms with Gasteiger partial charge in [-0.3, -0.25) is 0 Å². The maximum Gasteiger partial charge on any atom is 0.191 e. The van der Waals surface area contributed by atoms with Crippen LogP contribution in [0.5, 0.6) is 0 Å². The molecule has 0 radical (unpaired) electrons. The van der Waals surface area contributed by atoms with Crippen molar-refractivity contribution < 1.29 is 5.11 Å². The Morgan fingerprint density at radius 3 is 2.57 bits per heavy atom. The third kappa shape index (κ3) is 7.14. The Morgan fingerprint density at radius 1 is 1.10 bits per heavy atom. The first kappa shape index (κ1) is 23.9. The standard InChI is InChI=1S/C23H29N5O.HI/c1-3-25-22(27-17-23(2,29)21-10-5-4-6-11-21)26-15-19-8-7-9-20(14-19)16-28-13-12-24-18-28;/h4-14,18,29H,3,15-17H2,1-2H3,(H2,25,26,27);1H. The maximum atomic E-state index is 10.8. The number of benzene rings is 2. The van der Waals surface area contributed by atoms with Crippen molar-refractivity contribution in [3.05, 3.63) is 90.0 Å². The Bertz CT molecular complexity index is 910. The van der Waals surface area contributed by atoms with E-state index >= 15 is 0 Å². The molecule has 3 N–H and O–H groups in total. The van der Waals surface area contributed by atoms with Gasteiger partial charge in [0.05, 0.1) is 19.4 Å². The molecule has 1 heterocycles. The van der Waals surface area contributed by atoms with Crippen LogP contribution in [0, 0.1) is 0 Å². The lowest BCUT2D eigenvalue weighted by Gasteiger charge is -2.25. The van der Waals surface area contributed by atoms with Gasteiger partial charge in [0, 0.05) is 25.5 Å². The molecule has 0 aliphatic carbocycles. The molecule has 0 spiro atoms. The normalized spacial score (nSPS) is 13.2. The average Bonchev–Trinajstić information content (AvgIpc) is 3.24.